The van der Waals surface area contributed by atoms with Crippen LogP contribution in [0, 0.1) is 23.5 Å². The molecular formula is C30H32F2N4O5. The summed E-state index contributed by atoms with van der Waals surface area (Å²) in [5.74, 6) is -3.20. The lowest BCUT2D eigenvalue weighted by Gasteiger charge is -2.38. The van der Waals surface area contributed by atoms with Crippen molar-refractivity contribution in [2.45, 2.75) is 38.3 Å². The molecule has 2 fully saturated rings. The number of hydrogen-bond acceptors (Lipinski definition) is 7. The maximum absolute atomic E-state index is 14.2. The Morgan fingerprint density at radius 3 is 2.59 bits per heavy atom. The van der Waals surface area contributed by atoms with Gasteiger partial charge < -0.3 is 24.8 Å². The van der Waals surface area contributed by atoms with Crippen LogP contribution in [0.2, 0.25) is 0 Å². The first-order valence-electron chi connectivity index (χ1n) is 13.8. The monoisotopic (exact) mass is 566 g/mol. The van der Waals surface area contributed by atoms with Crippen LogP contribution in [0.4, 0.5) is 8.78 Å². The number of piperidine rings is 1. The van der Waals surface area contributed by atoms with E-state index in [1.54, 1.807) is 31.2 Å². The first kappa shape index (κ1) is 28.4. The SMILES string of the molecule is CCOC(=O)[C@H](NC(=O)[C@H]1CN(CC2CC2)CCC1NC(=O)c1cc(-c2ccc(F)cc2F)on1)c1ccccc1. The van der Waals surface area contributed by atoms with Crippen LogP contribution in [0.25, 0.3) is 11.3 Å². The van der Waals surface area contributed by atoms with E-state index in [-0.39, 0.29) is 29.5 Å². The van der Waals surface area contributed by atoms with Gasteiger partial charge in [-0.25, -0.2) is 13.6 Å². The molecule has 0 radical (unpaired) electrons. The number of nitrogens with one attached hydrogen (secondary N) is 2. The van der Waals surface area contributed by atoms with Gasteiger partial charge in [0.1, 0.15) is 11.6 Å². The van der Waals surface area contributed by atoms with E-state index < -0.39 is 41.5 Å². The van der Waals surface area contributed by atoms with Gasteiger partial charge in [-0.3, -0.25) is 9.59 Å². The minimum atomic E-state index is -0.998. The molecule has 11 heteroatoms. The number of likely N-dealkylation sites (tertiary alicyclic amines) is 1. The topological polar surface area (TPSA) is 114 Å². The molecule has 3 atom stereocenters. The molecule has 0 spiro atoms. The molecular weight excluding hydrogens is 534 g/mol. The summed E-state index contributed by atoms with van der Waals surface area (Å²) in [7, 11) is 0. The molecule has 1 unspecified atom stereocenters. The van der Waals surface area contributed by atoms with E-state index in [4.69, 9.17) is 9.26 Å². The molecule has 0 bridgehead atoms. The molecule has 2 N–H and O–H groups in total. The van der Waals surface area contributed by atoms with Gasteiger partial charge in [0, 0.05) is 37.8 Å². The van der Waals surface area contributed by atoms with Gasteiger partial charge in [-0.15, -0.1) is 0 Å². The fraction of sp³-hybridized carbons (Fsp3) is 0.400. The average Bonchev–Trinajstić information content (AvgIpc) is 3.64. The quantitative estimate of drug-likeness (QED) is 0.358. The van der Waals surface area contributed by atoms with Gasteiger partial charge in [-0.05, 0) is 49.8 Å². The Bertz CT molecular complexity index is 1390. The van der Waals surface area contributed by atoms with Crippen molar-refractivity contribution in [1.29, 1.82) is 0 Å². The fourth-order valence-electron chi connectivity index (χ4n) is 5.13. The summed E-state index contributed by atoms with van der Waals surface area (Å²) >= 11 is 0. The number of carbonyl (C=O) groups excluding carboxylic acids is 3. The molecule has 5 rings (SSSR count). The summed E-state index contributed by atoms with van der Waals surface area (Å²) in [6, 6.07) is 11.6. The highest BCUT2D eigenvalue weighted by Crippen LogP contribution is 2.32. The number of rotatable bonds is 10. The second-order valence-corrected chi connectivity index (χ2v) is 10.5. The van der Waals surface area contributed by atoms with Crippen LogP contribution in [0.1, 0.15) is 48.3 Å². The minimum absolute atomic E-state index is 0.0265. The summed E-state index contributed by atoms with van der Waals surface area (Å²) in [5.41, 5.74) is 0.458. The van der Waals surface area contributed by atoms with Crippen LogP contribution in [-0.4, -0.2) is 60.1 Å². The molecule has 1 aliphatic heterocycles. The van der Waals surface area contributed by atoms with Gasteiger partial charge in [0.05, 0.1) is 18.1 Å². The summed E-state index contributed by atoms with van der Waals surface area (Å²) in [4.78, 5) is 41.9. The smallest absolute Gasteiger partial charge is 0.333 e. The van der Waals surface area contributed by atoms with Gasteiger partial charge in [-0.2, -0.15) is 0 Å². The predicted octanol–water partition coefficient (Wildman–Crippen LogP) is 3.87. The molecule has 41 heavy (non-hydrogen) atoms. The number of halogens is 2. The van der Waals surface area contributed by atoms with E-state index in [0.717, 1.165) is 31.5 Å². The highest BCUT2D eigenvalue weighted by Gasteiger charge is 2.39. The molecule has 216 valence electrons. The number of hydrogen-bond donors (Lipinski definition) is 2. The van der Waals surface area contributed by atoms with Crippen molar-refractivity contribution in [3.05, 3.63) is 77.5 Å². The number of aromatic nitrogens is 1. The van der Waals surface area contributed by atoms with Gasteiger partial charge in [-0.1, -0.05) is 35.5 Å². The van der Waals surface area contributed by atoms with Crippen molar-refractivity contribution in [3.8, 4) is 11.3 Å². The third kappa shape index (κ3) is 6.97. The number of carbonyl (C=O) groups is 3. The Hall–Kier alpha value is -4.12. The van der Waals surface area contributed by atoms with Gasteiger partial charge in [0.2, 0.25) is 5.91 Å². The van der Waals surface area contributed by atoms with Gasteiger partial charge in [0.15, 0.2) is 17.5 Å². The van der Waals surface area contributed by atoms with Crippen molar-refractivity contribution in [2.75, 3.05) is 26.2 Å². The summed E-state index contributed by atoms with van der Waals surface area (Å²) in [6.07, 6.45) is 2.83. The highest BCUT2D eigenvalue weighted by molar-refractivity contribution is 5.94. The van der Waals surface area contributed by atoms with Gasteiger partial charge >= 0.3 is 5.97 Å². The zero-order valence-corrected chi connectivity index (χ0v) is 22.6. The molecule has 1 aliphatic carbocycles. The van der Waals surface area contributed by atoms with Gasteiger partial charge in [0.25, 0.3) is 5.91 Å². The Morgan fingerprint density at radius 2 is 1.88 bits per heavy atom. The first-order chi connectivity index (χ1) is 19.8. The van der Waals surface area contributed by atoms with Crippen LogP contribution in [0.3, 0.4) is 0 Å². The fourth-order valence-corrected chi connectivity index (χ4v) is 5.13. The maximum Gasteiger partial charge on any atom is 0.333 e. The lowest BCUT2D eigenvalue weighted by Crippen LogP contribution is -2.56. The lowest BCUT2D eigenvalue weighted by molar-refractivity contribution is -0.148. The molecule has 2 amide bonds. The molecule has 1 saturated carbocycles. The molecule has 1 saturated heterocycles. The van der Waals surface area contributed by atoms with E-state index in [1.807, 2.05) is 6.07 Å². The van der Waals surface area contributed by atoms with E-state index in [2.05, 4.69) is 20.7 Å². The lowest BCUT2D eigenvalue weighted by atomic mass is 9.90. The summed E-state index contributed by atoms with van der Waals surface area (Å²) in [6.45, 7) is 3.83. The van der Waals surface area contributed by atoms with Crippen LogP contribution in [0.5, 0.6) is 0 Å². The van der Waals surface area contributed by atoms with Crippen molar-refractivity contribution in [3.63, 3.8) is 0 Å². The molecule has 2 heterocycles. The van der Waals surface area contributed by atoms with Crippen molar-refractivity contribution in [1.82, 2.24) is 20.7 Å². The zero-order chi connectivity index (χ0) is 28.9. The third-order valence-electron chi connectivity index (χ3n) is 7.44. The van der Waals surface area contributed by atoms with Crippen molar-refractivity contribution < 1.29 is 32.4 Å². The number of ether oxygens (including phenoxy) is 1. The average molecular weight is 567 g/mol. The molecule has 1 aromatic heterocycles. The Balaban J connectivity index is 1.33. The second-order valence-electron chi connectivity index (χ2n) is 10.5. The number of esters is 1. The minimum Gasteiger partial charge on any atom is -0.464 e. The molecule has 3 aromatic rings. The third-order valence-corrected chi connectivity index (χ3v) is 7.44. The summed E-state index contributed by atoms with van der Waals surface area (Å²) in [5, 5.41) is 9.52. The van der Waals surface area contributed by atoms with E-state index in [0.29, 0.717) is 31.0 Å². The molecule has 2 aliphatic rings. The first-order valence-corrected chi connectivity index (χ1v) is 13.8. The highest BCUT2D eigenvalue weighted by atomic mass is 19.1. The molecule has 9 nitrogen and oxygen atoms in total. The van der Waals surface area contributed by atoms with E-state index >= 15 is 0 Å². The van der Waals surface area contributed by atoms with Crippen molar-refractivity contribution >= 4 is 17.8 Å². The predicted molar refractivity (Wildman–Crippen MR) is 144 cm³/mol. The number of amides is 2. The second kappa shape index (κ2) is 12.6. The standard InChI is InChI=1S/C30H32F2N4O5/c1-2-40-30(39)27(19-6-4-3-5-7-19)34-28(37)22-17-36(16-18-8-9-18)13-12-24(22)33-29(38)25-15-26(41-35-25)21-11-10-20(31)14-23(21)32/h3-7,10-11,14-15,18,22,24,27H,2,8-9,12-13,16-17H2,1H3,(H,33,38)(H,34,37)/t22-,24?,27+/m0/s1. The van der Waals surface area contributed by atoms with Crippen molar-refractivity contribution in [2.24, 2.45) is 11.8 Å². The zero-order valence-electron chi connectivity index (χ0n) is 22.6. The van der Waals surface area contributed by atoms with Crippen LogP contribution in [-0.2, 0) is 14.3 Å². The van der Waals surface area contributed by atoms with Crippen LogP contribution in [0.15, 0.2) is 59.1 Å². The number of nitrogens with zero attached hydrogens (tertiary/aromatic N) is 2. The normalized spacial score (nSPS) is 19.8. The number of benzene rings is 2. The Kier molecular flexibility index (Phi) is 8.72. The summed E-state index contributed by atoms with van der Waals surface area (Å²) < 4.78 is 37.9. The van der Waals surface area contributed by atoms with Crippen LogP contribution < -0.4 is 10.6 Å². The Labute approximate surface area is 236 Å². The Morgan fingerprint density at radius 1 is 1.10 bits per heavy atom. The van der Waals surface area contributed by atoms with Crippen LogP contribution >= 0.6 is 0 Å². The largest absolute Gasteiger partial charge is 0.464 e. The van der Waals surface area contributed by atoms with E-state index in [9.17, 15) is 23.2 Å². The van der Waals surface area contributed by atoms with E-state index in [1.165, 1.54) is 12.1 Å². The maximum atomic E-state index is 14.2. The molecule has 2 aromatic carbocycles.